The summed E-state index contributed by atoms with van der Waals surface area (Å²) in [4.78, 5) is 1.18. The Morgan fingerprint density at radius 1 is 1.31 bits per heavy atom. The number of methoxy groups -OCH3 is 1. The average molecular weight is 235 g/mol. The third-order valence-corrected chi connectivity index (χ3v) is 3.02. The third-order valence-electron chi connectivity index (χ3n) is 2.17. The molecule has 0 radical (unpaired) electrons. The standard InChI is InChI=1S/C12H13NO2S/c1-14-9-4-5-12(11(13)7-9)15-8-10-3-2-6-16-10/h2-7H,8,13H2,1H3. The molecule has 0 spiro atoms. The highest BCUT2D eigenvalue weighted by molar-refractivity contribution is 7.09. The van der Waals surface area contributed by atoms with Crippen LogP contribution in [0.2, 0.25) is 0 Å². The van der Waals surface area contributed by atoms with Crippen molar-refractivity contribution in [2.24, 2.45) is 0 Å². The predicted molar refractivity (Wildman–Crippen MR) is 66.1 cm³/mol. The molecule has 2 aromatic rings. The highest BCUT2D eigenvalue weighted by Gasteiger charge is 2.03. The number of nitrogens with two attached hydrogens (primary N) is 1. The van der Waals surface area contributed by atoms with Crippen LogP contribution in [0.4, 0.5) is 5.69 Å². The Labute approximate surface area is 98.4 Å². The van der Waals surface area contributed by atoms with Gasteiger partial charge < -0.3 is 15.2 Å². The quantitative estimate of drug-likeness (QED) is 0.829. The normalized spacial score (nSPS) is 10.1. The van der Waals surface area contributed by atoms with E-state index >= 15 is 0 Å². The van der Waals surface area contributed by atoms with E-state index in [1.807, 2.05) is 29.6 Å². The van der Waals surface area contributed by atoms with Gasteiger partial charge in [0.1, 0.15) is 18.1 Å². The summed E-state index contributed by atoms with van der Waals surface area (Å²) in [5, 5.41) is 2.02. The molecule has 0 atom stereocenters. The zero-order chi connectivity index (χ0) is 11.4. The third kappa shape index (κ3) is 2.46. The largest absolute Gasteiger partial charge is 0.497 e. The highest BCUT2D eigenvalue weighted by Crippen LogP contribution is 2.27. The zero-order valence-electron chi connectivity index (χ0n) is 8.97. The van der Waals surface area contributed by atoms with E-state index in [2.05, 4.69) is 0 Å². The van der Waals surface area contributed by atoms with E-state index in [-0.39, 0.29) is 0 Å². The molecule has 0 aliphatic heterocycles. The fourth-order valence-corrected chi connectivity index (χ4v) is 1.94. The Morgan fingerprint density at radius 2 is 2.19 bits per heavy atom. The molecule has 0 amide bonds. The Morgan fingerprint density at radius 3 is 2.81 bits per heavy atom. The molecule has 0 unspecified atom stereocenters. The molecule has 1 aromatic carbocycles. The lowest BCUT2D eigenvalue weighted by atomic mass is 10.3. The fraction of sp³-hybridized carbons (Fsp3) is 0.167. The van der Waals surface area contributed by atoms with Crippen LogP contribution in [-0.2, 0) is 6.61 Å². The van der Waals surface area contributed by atoms with Crippen molar-refractivity contribution in [1.29, 1.82) is 0 Å². The van der Waals surface area contributed by atoms with E-state index in [9.17, 15) is 0 Å². The molecule has 0 aliphatic carbocycles. The van der Waals surface area contributed by atoms with Gasteiger partial charge in [0.05, 0.1) is 12.8 Å². The van der Waals surface area contributed by atoms with Crippen LogP contribution in [0, 0.1) is 0 Å². The van der Waals surface area contributed by atoms with Crippen LogP contribution in [0.3, 0.4) is 0 Å². The van der Waals surface area contributed by atoms with E-state index in [1.165, 1.54) is 4.88 Å². The lowest BCUT2D eigenvalue weighted by Crippen LogP contribution is -1.97. The summed E-state index contributed by atoms with van der Waals surface area (Å²) in [5.41, 5.74) is 6.43. The molecule has 4 heteroatoms. The second-order valence-electron chi connectivity index (χ2n) is 3.27. The Kier molecular flexibility index (Phi) is 3.31. The van der Waals surface area contributed by atoms with Gasteiger partial charge in [0.2, 0.25) is 0 Å². The molecule has 0 fully saturated rings. The summed E-state index contributed by atoms with van der Waals surface area (Å²) in [6.45, 7) is 0.550. The summed E-state index contributed by atoms with van der Waals surface area (Å²) in [5.74, 6) is 1.43. The number of anilines is 1. The number of ether oxygens (including phenoxy) is 2. The molecule has 0 saturated heterocycles. The monoisotopic (exact) mass is 235 g/mol. The summed E-state index contributed by atoms with van der Waals surface area (Å²) in [7, 11) is 1.61. The second-order valence-corrected chi connectivity index (χ2v) is 4.30. The first-order valence-electron chi connectivity index (χ1n) is 4.88. The fourth-order valence-electron chi connectivity index (χ4n) is 1.33. The minimum absolute atomic E-state index is 0.550. The Balaban J connectivity index is 2.04. The highest BCUT2D eigenvalue weighted by atomic mass is 32.1. The SMILES string of the molecule is COc1ccc(OCc2cccs2)c(N)c1. The Bertz CT molecular complexity index is 454. The van der Waals surface area contributed by atoms with Gasteiger partial charge in [-0.1, -0.05) is 6.07 Å². The Hall–Kier alpha value is -1.68. The van der Waals surface area contributed by atoms with Crippen molar-refractivity contribution >= 4 is 17.0 Å². The molecule has 0 saturated carbocycles. The summed E-state index contributed by atoms with van der Waals surface area (Å²) < 4.78 is 10.7. The summed E-state index contributed by atoms with van der Waals surface area (Å²) >= 11 is 1.67. The van der Waals surface area contributed by atoms with Crippen molar-refractivity contribution in [3.05, 3.63) is 40.6 Å². The van der Waals surface area contributed by atoms with Crippen molar-refractivity contribution in [2.45, 2.75) is 6.61 Å². The van der Waals surface area contributed by atoms with Crippen LogP contribution >= 0.6 is 11.3 Å². The van der Waals surface area contributed by atoms with Crippen molar-refractivity contribution in [1.82, 2.24) is 0 Å². The maximum absolute atomic E-state index is 5.83. The lowest BCUT2D eigenvalue weighted by molar-refractivity contribution is 0.311. The van der Waals surface area contributed by atoms with Gasteiger partial charge in [0.15, 0.2) is 0 Å². The molecule has 2 N–H and O–H groups in total. The number of hydrogen-bond donors (Lipinski definition) is 1. The number of rotatable bonds is 4. The first-order chi connectivity index (χ1) is 7.79. The minimum atomic E-state index is 0.550. The first kappa shape index (κ1) is 10.8. The molecule has 16 heavy (non-hydrogen) atoms. The number of nitrogen functional groups attached to an aromatic ring is 1. The molecule has 1 heterocycles. The van der Waals surface area contributed by atoms with E-state index in [4.69, 9.17) is 15.2 Å². The van der Waals surface area contributed by atoms with Gasteiger partial charge in [0, 0.05) is 10.9 Å². The van der Waals surface area contributed by atoms with Crippen LogP contribution in [-0.4, -0.2) is 7.11 Å². The van der Waals surface area contributed by atoms with Crippen LogP contribution in [0.5, 0.6) is 11.5 Å². The number of benzene rings is 1. The molecule has 1 aromatic heterocycles. The molecular formula is C12H13NO2S. The van der Waals surface area contributed by atoms with Gasteiger partial charge in [-0.2, -0.15) is 0 Å². The smallest absolute Gasteiger partial charge is 0.143 e. The molecule has 0 bridgehead atoms. The lowest BCUT2D eigenvalue weighted by Gasteiger charge is -2.09. The van der Waals surface area contributed by atoms with Gasteiger partial charge >= 0.3 is 0 Å². The number of hydrogen-bond acceptors (Lipinski definition) is 4. The van der Waals surface area contributed by atoms with Crippen molar-refractivity contribution in [3.63, 3.8) is 0 Å². The zero-order valence-corrected chi connectivity index (χ0v) is 9.79. The average Bonchev–Trinajstić information content (AvgIpc) is 2.80. The van der Waals surface area contributed by atoms with Crippen molar-refractivity contribution < 1.29 is 9.47 Å². The van der Waals surface area contributed by atoms with Gasteiger partial charge in [-0.05, 0) is 23.6 Å². The summed E-state index contributed by atoms with van der Waals surface area (Å²) in [6.07, 6.45) is 0. The van der Waals surface area contributed by atoms with Crippen molar-refractivity contribution in [2.75, 3.05) is 12.8 Å². The molecule has 3 nitrogen and oxygen atoms in total. The molecule has 2 rings (SSSR count). The minimum Gasteiger partial charge on any atom is -0.497 e. The molecule has 0 aliphatic rings. The van der Waals surface area contributed by atoms with Gasteiger partial charge in [-0.25, -0.2) is 0 Å². The second kappa shape index (κ2) is 4.90. The maximum atomic E-state index is 5.83. The van der Waals surface area contributed by atoms with Gasteiger partial charge in [0.25, 0.3) is 0 Å². The first-order valence-corrected chi connectivity index (χ1v) is 5.76. The molecule has 84 valence electrons. The summed E-state index contributed by atoms with van der Waals surface area (Å²) in [6, 6.07) is 9.44. The van der Waals surface area contributed by atoms with E-state index in [0.29, 0.717) is 18.0 Å². The van der Waals surface area contributed by atoms with Gasteiger partial charge in [-0.15, -0.1) is 11.3 Å². The van der Waals surface area contributed by atoms with Crippen LogP contribution in [0.25, 0.3) is 0 Å². The van der Waals surface area contributed by atoms with E-state index < -0.39 is 0 Å². The van der Waals surface area contributed by atoms with Crippen molar-refractivity contribution in [3.8, 4) is 11.5 Å². The maximum Gasteiger partial charge on any atom is 0.143 e. The topological polar surface area (TPSA) is 44.5 Å². The van der Waals surface area contributed by atoms with Crippen LogP contribution < -0.4 is 15.2 Å². The predicted octanol–water partition coefficient (Wildman–Crippen LogP) is 2.92. The van der Waals surface area contributed by atoms with E-state index in [1.54, 1.807) is 24.5 Å². The van der Waals surface area contributed by atoms with E-state index in [0.717, 1.165) is 5.75 Å². The number of thiophene rings is 1. The van der Waals surface area contributed by atoms with Crippen LogP contribution in [0.1, 0.15) is 4.88 Å². The van der Waals surface area contributed by atoms with Crippen LogP contribution in [0.15, 0.2) is 35.7 Å². The van der Waals surface area contributed by atoms with Gasteiger partial charge in [-0.3, -0.25) is 0 Å². The molecular weight excluding hydrogens is 222 g/mol.